The number of aliphatic hydroxyl groups excluding tert-OH is 2. The summed E-state index contributed by atoms with van der Waals surface area (Å²) in [6.45, 7) is 3.75. The van der Waals surface area contributed by atoms with Gasteiger partial charge in [-0.05, 0) is 58.3 Å². The van der Waals surface area contributed by atoms with Crippen LogP contribution in [0.5, 0.6) is 5.75 Å². The molecule has 1 aromatic carbocycles. The van der Waals surface area contributed by atoms with Crippen LogP contribution in [0.4, 0.5) is 11.4 Å². The number of fused-ring (bicyclic) bond motifs is 3. The van der Waals surface area contributed by atoms with Gasteiger partial charge in [-0.2, -0.15) is 8.42 Å². The Morgan fingerprint density at radius 2 is 1.74 bits per heavy atom. The first-order valence-electron chi connectivity index (χ1n) is 12.5. The molecule has 16 nitrogen and oxygen atoms in total. The average Bonchev–Trinajstić information content (AvgIpc) is 2.82. The standard InChI is InChI=1S/C25H30N4O8.H2O4S/c1-9(2)28-13-7-14(27-8-30)19(31)16-11(13)5-10-6-12-18(29(3)4)21(33)17(24(26)36)23(35)25(12,37)22(34)15(10)20(16)32;1-5(2,3)4/h7-10,12,18,28,31-32,35,37H,5-6H2,1-4H3,(H2,26,36)(H,27,30);(H2,1,2,3,4)/t10?,12?,18-,25-;/m0./s1. The van der Waals surface area contributed by atoms with E-state index in [0.717, 1.165) is 0 Å². The zero-order valence-electron chi connectivity index (χ0n) is 22.9. The second kappa shape index (κ2) is 11.3. The maximum atomic E-state index is 13.9. The van der Waals surface area contributed by atoms with Crippen molar-refractivity contribution in [1.82, 2.24) is 4.90 Å². The smallest absolute Gasteiger partial charge is 0.394 e. The summed E-state index contributed by atoms with van der Waals surface area (Å²) in [5.74, 6) is -7.31. The number of aliphatic hydroxyl groups is 3. The molecule has 230 valence electrons. The van der Waals surface area contributed by atoms with Crippen LogP contribution >= 0.6 is 0 Å². The first kappa shape index (κ1) is 32.5. The van der Waals surface area contributed by atoms with Gasteiger partial charge in [-0.3, -0.25) is 33.2 Å². The van der Waals surface area contributed by atoms with E-state index in [4.69, 9.17) is 23.3 Å². The van der Waals surface area contributed by atoms with Crippen molar-refractivity contribution >= 4 is 51.4 Å². The van der Waals surface area contributed by atoms with E-state index in [1.54, 1.807) is 0 Å². The highest BCUT2D eigenvalue weighted by Gasteiger charge is 2.64. The summed E-state index contributed by atoms with van der Waals surface area (Å²) in [5, 5.41) is 50.3. The Morgan fingerprint density at radius 1 is 1.17 bits per heavy atom. The van der Waals surface area contributed by atoms with Gasteiger partial charge in [-0.25, -0.2) is 0 Å². The molecule has 0 saturated heterocycles. The lowest BCUT2D eigenvalue weighted by Crippen LogP contribution is -2.65. The molecule has 2 amide bonds. The van der Waals surface area contributed by atoms with Gasteiger partial charge in [0.25, 0.3) is 5.91 Å². The number of carbonyl (C=O) groups excluding carboxylic acids is 4. The number of amides is 2. The highest BCUT2D eigenvalue weighted by molar-refractivity contribution is 7.79. The van der Waals surface area contributed by atoms with E-state index < -0.39 is 74.2 Å². The average molecular weight is 613 g/mol. The fourth-order valence-electron chi connectivity index (χ4n) is 5.92. The van der Waals surface area contributed by atoms with Crippen LogP contribution in [0.1, 0.15) is 31.4 Å². The number of primary amides is 1. The Kier molecular flexibility index (Phi) is 8.76. The third-order valence-electron chi connectivity index (χ3n) is 7.38. The molecule has 4 rings (SSSR count). The molecule has 0 spiro atoms. The van der Waals surface area contributed by atoms with E-state index in [-0.39, 0.29) is 35.7 Å². The number of hydrogen-bond acceptors (Lipinski definition) is 12. The molecule has 0 bridgehead atoms. The van der Waals surface area contributed by atoms with Gasteiger partial charge in [0.2, 0.25) is 12.2 Å². The van der Waals surface area contributed by atoms with Crippen molar-refractivity contribution in [2.45, 2.75) is 44.4 Å². The van der Waals surface area contributed by atoms with Gasteiger partial charge in [-0.15, -0.1) is 0 Å². The minimum Gasteiger partial charge on any atom is -0.508 e. The second-order valence-corrected chi connectivity index (χ2v) is 11.5. The molecule has 3 aliphatic rings. The van der Waals surface area contributed by atoms with E-state index in [2.05, 4.69) is 10.6 Å². The molecule has 1 aromatic rings. The number of Topliss-reactive ketones (excluding diaryl/α,β-unsaturated/α-hetero) is 2. The third kappa shape index (κ3) is 5.56. The Balaban J connectivity index is 0.000000892. The number of nitrogens with zero attached hydrogens (tertiary/aromatic N) is 1. The maximum absolute atomic E-state index is 13.9. The first-order valence-corrected chi connectivity index (χ1v) is 13.9. The summed E-state index contributed by atoms with van der Waals surface area (Å²) in [7, 11) is -1.59. The third-order valence-corrected chi connectivity index (χ3v) is 7.38. The second-order valence-electron chi connectivity index (χ2n) is 10.6. The SMILES string of the molecule is CC(C)Nc1cc(NC=O)c(O)c2c1CC1CC3[C@H](N(C)C)C(=O)C(C(N)=O)=C(O)[C@@]3(O)C(=O)C1=C2O.O=S(=O)(O)O. The number of benzene rings is 1. The van der Waals surface area contributed by atoms with E-state index in [1.165, 1.54) is 25.1 Å². The number of phenolic OH excluding ortho intramolecular Hbond substituents is 1. The van der Waals surface area contributed by atoms with Crippen molar-refractivity contribution in [1.29, 1.82) is 0 Å². The summed E-state index contributed by atoms with van der Waals surface area (Å²) >= 11 is 0. The van der Waals surface area contributed by atoms with Crippen molar-refractivity contribution in [2.75, 3.05) is 24.7 Å². The summed E-state index contributed by atoms with van der Waals surface area (Å²) < 4.78 is 31.6. The molecular weight excluding hydrogens is 580 g/mol. The van der Waals surface area contributed by atoms with E-state index >= 15 is 0 Å². The summed E-state index contributed by atoms with van der Waals surface area (Å²) in [6, 6.07) is 0.299. The zero-order chi connectivity index (χ0) is 32.1. The number of nitrogens with one attached hydrogen (secondary N) is 2. The summed E-state index contributed by atoms with van der Waals surface area (Å²) in [5.41, 5.74) is 2.35. The van der Waals surface area contributed by atoms with Gasteiger partial charge < -0.3 is 36.8 Å². The number of carbonyl (C=O) groups is 4. The molecule has 10 N–H and O–H groups in total. The number of rotatable bonds is 6. The Morgan fingerprint density at radius 3 is 2.21 bits per heavy atom. The van der Waals surface area contributed by atoms with Crippen LogP contribution in [-0.4, -0.2) is 98.5 Å². The predicted molar refractivity (Wildman–Crippen MR) is 147 cm³/mol. The molecule has 0 aromatic heterocycles. The monoisotopic (exact) mass is 612 g/mol. The molecule has 42 heavy (non-hydrogen) atoms. The van der Waals surface area contributed by atoms with Gasteiger partial charge in [0.1, 0.15) is 22.8 Å². The molecule has 0 radical (unpaired) electrons. The number of phenols is 1. The normalized spacial score (nSPS) is 25.3. The lowest BCUT2D eigenvalue weighted by Gasteiger charge is -2.50. The Hall–Kier alpha value is -4.03. The van der Waals surface area contributed by atoms with Gasteiger partial charge in [0.15, 0.2) is 11.4 Å². The topological polar surface area (TPSA) is 277 Å². The summed E-state index contributed by atoms with van der Waals surface area (Å²) in [6.07, 6.45) is 0.477. The van der Waals surface area contributed by atoms with Crippen molar-refractivity contribution in [3.63, 3.8) is 0 Å². The van der Waals surface area contributed by atoms with Gasteiger partial charge in [0, 0.05) is 23.2 Å². The number of anilines is 2. The molecule has 1 fully saturated rings. The minimum absolute atomic E-state index is 0.0119. The fraction of sp³-hybridized carbons (Fsp3) is 0.440. The van der Waals surface area contributed by atoms with Crippen molar-refractivity contribution in [3.05, 3.63) is 34.1 Å². The molecule has 0 heterocycles. The molecule has 17 heteroatoms. The Bertz CT molecular complexity index is 1520. The highest BCUT2D eigenvalue weighted by atomic mass is 32.3. The van der Waals surface area contributed by atoms with Crippen LogP contribution in [0.15, 0.2) is 23.0 Å². The molecule has 2 unspecified atom stereocenters. The molecule has 1 saturated carbocycles. The summed E-state index contributed by atoms with van der Waals surface area (Å²) in [4.78, 5) is 51.6. The molecule has 4 atom stereocenters. The van der Waals surface area contributed by atoms with Crippen LogP contribution in [0.2, 0.25) is 0 Å². The lowest BCUT2D eigenvalue weighted by molar-refractivity contribution is -0.153. The number of likely N-dealkylation sites (N-methyl/N-ethyl adjacent to an activating group) is 1. The van der Waals surface area contributed by atoms with Crippen LogP contribution in [0.3, 0.4) is 0 Å². The van der Waals surface area contributed by atoms with Crippen molar-refractivity contribution < 1.29 is 57.1 Å². The number of aromatic hydroxyl groups is 1. The van der Waals surface area contributed by atoms with Crippen molar-refractivity contribution in [2.24, 2.45) is 17.6 Å². The van der Waals surface area contributed by atoms with Gasteiger partial charge in [0.05, 0.1) is 17.3 Å². The number of nitrogens with two attached hydrogens (primary N) is 1. The van der Waals surface area contributed by atoms with Crippen molar-refractivity contribution in [3.8, 4) is 5.75 Å². The number of hydrogen-bond donors (Lipinski definition) is 9. The van der Waals surface area contributed by atoms with E-state index in [0.29, 0.717) is 17.7 Å². The quantitative estimate of drug-likeness (QED) is 0.0656. The van der Waals surface area contributed by atoms with Crippen LogP contribution in [0, 0.1) is 11.8 Å². The molecule has 0 aliphatic heterocycles. The fourth-order valence-corrected chi connectivity index (χ4v) is 5.92. The van der Waals surface area contributed by atoms with E-state index in [1.807, 2.05) is 13.8 Å². The Labute approximate surface area is 240 Å². The predicted octanol–water partition coefficient (Wildman–Crippen LogP) is -0.300. The molecule has 3 aliphatic carbocycles. The lowest BCUT2D eigenvalue weighted by atomic mass is 9.57. The van der Waals surface area contributed by atoms with Gasteiger partial charge >= 0.3 is 10.4 Å². The van der Waals surface area contributed by atoms with Gasteiger partial charge in [-0.1, -0.05) is 0 Å². The highest BCUT2D eigenvalue weighted by Crippen LogP contribution is 2.54. The first-order chi connectivity index (χ1) is 19.3. The number of ketones is 2. The molecular formula is C25H32N4O12S. The minimum atomic E-state index is -4.67. The van der Waals surface area contributed by atoms with Crippen LogP contribution in [0.25, 0.3) is 5.76 Å². The zero-order valence-corrected chi connectivity index (χ0v) is 23.8. The van der Waals surface area contributed by atoms with Crippen LogP contribution < -0.4 is 16.4 Å². The largest absolute Gasteiger partial charge is 0.508 e. The van der Waals surface area contributed by atoms with E-state index in [9.17, 15) is 39.6 Å². The maximum Gasteiger partial charge on any atom is 0.394 e. The van der Waals surface area contributed by atoms with Crippen LogP contribution in [-0.2, 0) is 36.0 Å².